The number of carbonyl (C=O) groups is 1. The summed E-state index contributed by atoms with van der Waals surface area (Å²) < 4.78 is 13.5. The number of nitrogens with one attached hydrogen (secondary N) is 2. The first-order chi connectivity index (χ1) is 10.6. The fourth-order valence-electron chi connectivity index (χ4n) is 2.77. The van der Waals surface area contributed by atoms with E-state index in [1.54, 1.807) is 19.1 Å². The number of hydrogen-bond acceptors (Lipinski definition) is 3. The average Bonchev–Trinajstić information content (AvgIpc) is 2.50. The summed E-state index contributed by atoms with van der Waals surface area (Å²) in [5, 5.41) is 6.15. The third-order valence-electron chi connectivity index (χ3n) is 4.21. The molecule has 0 atom stereocenters. The van der Waals surface area contributed by atoms with Gasteiger partial charge < -0.3 is 10.6 Å². The second-order valence-electron chi connectivity index (χ2n) is 6.04. The third-order valence-corrected chi connectivity index (χ3v) is 4.21. The van der Waals surface area contributed by atoms with Crippen molar-refractivity contribution < 1.29 is 9.18 Å². The average molecular weight is 344 g/mol. The van der Waals surface area contributed by atoms with E-state index in [0.29, 0.717) is 23.7 Å². The molecule has 0 radical (unpaired) electrons. The normalized spacial score (nSPS) is 16.0. The molecule has 4 nitrogen and oxygen atoms in total. The topological polar surface area (TPSA) is 44.4 Å². The molecule has 1 amide bonds. The summed E-state index contributed by atoms with van der Waals surface area (Å²) >= 11 is 0. The van der Waals surface area contributed by atoms with Crippen LogP contribution in [-0.4, -0.2) is 43.5 Å². The van der Waals surface area contributed by atoms with Gasteiger partial charge in [0, 0.05) is 5.69 Å². The number of carbonyl (C=O) groups excluding carboxylic acids is 1. The molecule has 0 aromatic heterocycles. The van der Waals surface area contributed by atoms with Crippen LogP contribution in [0.4, 0.5) is 10.1 Å². The van der Waals surface area contributed by atoms with Crippen molar-refractivity contribution in [3.8, 4) is 0 Å². The SMILES string of the molecule is CCNCC1CCN(CC(=O)Nc2ccc(C)c(F)c2)CC1.Cl. The van der Waals surface area contributed by atoms with E-state index in [-0.39, 0.29) is 24.1 Å². The largest absolute Gasteiger partial charge is 0.325 e. The lowest BCUT2D eigenvalue weighted by Crippen LogP contribution is -2.41. The molecule has 1 aromatic rings. The van der Waals surface area contributed by atoms with Crippen molar-refractivity contribution in [2.24, 2.45) is 5.92 Å². The zero-order valence-corrected chi connectivity index (χ0v) is 14.7. The van der Waals surface area contributed by atoms with Crippen LogP contribution in [0.3, 0.4) is 0 Å². The van der Waals surface area contributed by atoms with Gasteiger partial charge in [-0.3, -0.25) is 9.69 Å². The summed E-state index contributed by atoms with van der Waals surface area (Å²) in [6.07, 6.45) is 2.25. The van der Waals surface area contributed by atoms with Gasteiger partial charge in [0.25, 0.3) is 0 Å². The first-order valence-corrected chi connectivity index (χ1v) is 8.07. The van der Waals surface area contributed by atoms with Gasteiger partial charge in [-0.2, -0.15) is 0 Å². The van der Waals surface area contributed by atoms with Crippen LogP contribution in [0.5, 0.6) is 0 Å². The zero-order valence-electron chi connectivity index (χ0n) is 13.9. The molecule has 2 N–H and O–H groups in total. The summed E-state index contributed by atoms with van der Waals surface area (Å²) in [4.78, 5) is 14.2. The van der Waals surface area contributed by atoms with Crippen LogP contribution < -0.4 is 10.6 Å². The number of aryl methyl sites for hydroxylation is 1. The number of amides is 1. The van der Waals surface area contributed by atoms with E-state index in [0.717, 1.165) is 39.0 Å². The Morgan fingerprint density at radius 1 is 1.35 bits per heavy atom. The van der Waals surface area contributed by atoms with Crippen LogP contribution in [0.1, 0.15) is 25.3 Å². The second kappa shape index (κ2) is 9.85. The molecule has 1 fully saturated rings. The maximum atomic E-state index is 13.5. The molecule has 1 saturated heterocycles. The second-order valence-corrected chi connectivity index (χ2v) is 6.04. The molecule has 130 valence electrons. The highest BCUT2D eigenvalue weighted by molar-refractivity contribution is 5.92. The van der Waals surface area contributed by atoms with Crippen molar-refractivity contribution in [3.05, 3.63) is 29.6 Å². The third kappa shape index (κ3) is 6.45. The maximum absolute atomic E-state index is 13.5. The van der Waals surface area contributed by atoms with Crippen molar-refractivity contribution in [1.82, 2.24) is 10.2 Å². The summed E-state index contributed by atoms with van der Waals surface area (Å²) in [5.74, 6) is 0.348. The lowest BCUT2D eigenvalue weighted by molar-refractivity contribution is -0.117. The van der Waals surface area contributed by atoms with Crippen molar-refractivity contribution >= 4 is 24.0 Å². The number of piperidine rings is 1. The number of hydrogen-bond donors (Lipinski definition) is 2. The first kappa shape index (κ1) is 19.9. The lowest BCUT2D eigenvalue weighted by atomic mass is 9.97. The Bertz CT molecular complexity index is 505. The van der Waals surface area contributed by atoms with Gasteiger partial charge in [0.15, 0.2) is 0 Å². The smallest absolute Gasteiger partial charge is 0.238 e. The van der Waals surface area contributed by atoms with E-state index in [1.165, 1.54) is 6.07 Å². The van der Waals surface area contributed by atoms with Gasteiger partial charge in [0.05, 0.1) is 6.54 Å². The highest BCUT2D eigenvalue weighted by atomic mass is 35.5. The maximum Gasteiger partial charge on any atom is 0.238 e. The van der Waals surface area contributed by atoms with Gasteiger partial charge in [0.2, 0.25) is 5.91 Å². The summed E-state index contributed by atoms with van der Waals surface area (Å²) in [5.41, 5.74) is 1.11. The van der Waals surface area contributed by atoms with Gasteiger partial charge in [-0.15, -0.1) is 12.4 Å². The molecule has 1 aliphatic heterocycles. The predicted molar refractivity (Wildman–Crippen MR) is 94.7 cm³/mol. The number of benzene rings is 1. The summed E-state index contributed by atoms with van der Waals surface area (Å²) in [7, 11) is 0. The Kier molecular flexibility index (Phi) is 8.52. The van der Waals surface area contributed by atoms with Crippen LogP contribution in [-0.2, 0) is 4.79 Å². The molecule has 0 bridgehead atoms. The number of anilines is 1. The highest BCUT2D eigenvalue weighted by Gasteiger charge is 2.20. The molecule has 1 aliphatic rings. The molecule has 23 heavy (non-hydrogen) atoms. The van der Waals surface area contributed by atoms with Crippen LogP contribution >= 0.6 is 12.4 Å². The molecule has 6 heteroatoms. The lowest BCUT2D eigenvalue weighted by Gasteiger charge is -2.31. The Labute approximate surface area is 144 Å². The minimum Gasteiger partial charge on any atom is -0.325 e. The van der Waals surface area contributed by atoms with Gasteiger partial charge in [-0.05, 0) is 69.6 Å². The molecule has 0 unspecified atom stereocenters. The van der Waals surface area contributed by atoms with E-state index in [1.807, 2.05) is 0 Å². The van der Waals surface area contributed by atoms with E-state index < -0.39 is 0 Å². The molecule has 0 saturated carbocycles. The van der Waals surface area contributed by atoms with Gasteiger partial charge in [0.1, 0.15) is 5.82 Å². The Hall–Kier alpha value is -1.17. The standard InChI is InChI=1S/C17H26FN3O.ClH/c1-3-19-11-14-6-8-21(9-7-14)12-17(22)20-15-5-4-13(2)16(18)10-15;/h4-5,10,14,19H,3,6-9,11-12H2,1-2H3,(H,20,22);1H. The molecule has 1 heterocycles. The first-order valence-electron chi connectivity index (χ1n) is 8.07. The van der Waals surface area contributed by atoms with E-state index in [9.17, 15) is 9.18 Å². The Morgan fingerprint density at radius 2 is 2.04 bits per heavy atom. The van der Waals surface area contributed by atoms with Gasteiger partial charge in [-0.1, -0.05) is 13.0 Å². The van der Waals surface area contributed by atoms with Crippen molar-refractivity contribution in [2.45, 2.75) is 26.7 Å². The van der Waals surface area contributed by atoms with Crippen LogP contribution in [0.15, 0.2) is 18.2 Å². The number of likely N-dealkylation sites (tertiary alicyclic amines) is 1. The number of nitrogens with zero attached hydrogens (tertiary/aromatic N) is 1. The minimum absolute atomic E-state index is 0. The van der Waals surface area contributed by atoms with Crippen LogP contribution in [0.2, 0.25) is 0 Å². The van der Waals surface area contributed by atoms with E-state index in [4.69, 9.17) is 0 Å². The zero-order chi connectivity index (χ0) is 15.9. The highest BCUT2D eigenvalue weighted by Crippen LogP contribution is 2.17. The van der Waals surface area contributed by atoms with Crippen molar-refractivity contribution in [1.29, 1.82) is 0 Å². The van der Waals surface area contributed by atoms with Crippen molar-refractivity contribution in [3.63, 3.8) is 0 Å². The quantitative estimate of drug-likeness (QED) is 0.834. The van der Waals surface area contributed by atoms with Gasteiger partial charge >= 0.3 is 0 Å². The fourth-order valence-corrected chi connectivity index (χ4v) is 2.77. The summed E-state index contributed by atoms with van der Waals surface area (Å²) in [6.45, 7) is 8.18. The Balaban J connectivity index is 0.00000264. The molecule has 2 rings (SSSR count). The predicted octanol–water partition coefficient (Wildman–Crippen LogP) is 2.82. The number of rotatable bonds is 6. The fraction of sp³-hybridized carbons (Fsp3) is 0.588. The molecular formula is C17H27ClFN3O. The van der Waals surface area contributed by atoms with E-state index in [2.05, 4.69) is 22.5 Å². The molecule has 0 aliphatic carbocycles. The van der Waals surface area contributed by atoms with Gasteiger partial charge in [-0.25, -0.2) is 4.39 Å². The minimum atomic E-state index is -0.290. The van der Waals surface area contributed by atoms with Crippen molar-refractivity contribution in [2.75, 3.05) is 38.0 Å². The van der Waals surface area contributed by atoms with Crippen LogP contribution in [0, 0.1) is 18.7 Å². The monoisotopic (exact) mass is 343 g/mol. The molecule has 0 spiro atoms. The number of halogens is 2. The van der Waals surface area contributed by atoms with Crippen LogP contribution in [0.25, 0.3) is 0 Å². The van der Waals surface area contributed by atoms with E-state index >= 15 is 0 Å². The summed E-state index contributed by atoms with van der Waals surface area (Å²) in [6, 6.07) is 4.78. The molecular weight excluding hydrogens is 317 g/mol. The Morgan fingerprint density at radius 3 is 2.65 bits per heavy atom. The molecule has 1 aromatic carbocycles.